The minimum absolute atomic E-state index is 0.0168. The van der Waals surface area contributed by atoms with Gasteiger partial charge in [0.2, 0.25) is 15.9 Å². The van der Waals surface area contributed by atoms with Crippen LogP contribution in [0.2, 0.25) is 0 Å². The molecular formula is C22H24N6O5S2. The summed E-state index contributed by atoms with van der Waals surface area (Å²) < 4.78 is 36.9. The van der Waals surface area contributed by atoms with Crippen molar-refractivity contribution in [1.29, 1.82) is 5.26 Å². The Morgan fingerprint density at radius 1 is 1.31 bits per heavy atom. The van der Waals surface area contributed by atoms with Gasteiger partial charge in [-0.25, -0.2) is 18.1 Å². The van der Waals surface area contributed by atoms with E-state index >= 15 is 0 Å². The van der Waals surface area contributed by atoms with Crippen LogP contribution in [0.25, 0.3) is 0 Å². The van der Waals surface area contributed by atoms with E-state index in [9.17, 15) is 13.2 Å². The molecule has 0 unspecified atom stereocenters. The predicted octanol–water partition coefficient (Wildman–Crippen LogP) is 3.02. The van der Waals surface area contributed by atoms with Crippen LogP contribution < -0.4 is 9.62 Å². The number of thiazole rings is 1. The Morgan fingerprint density at radius 2 is 2.06 bits per heavy atom. The van der Waals surface area contributed by atoms with Crippen LogP contribution in [-0.4, -0.2) is 48.9 Å². The van der Waals surface area contributed by atoms with Crippen LogP contribution in [0, 0.1) is 18.3 Å². The molecule has 0 aliphatic heterocycles. The minimum atomic E-state index is -3.83. The number of amides is 1. The van der Waals surface area contributed by atoms with Gasteiger partial charge in [-0.1, -0.05) is 5.16 Å². The molecule has 184 valence electrons. The molecule has 0 radical (unpaired) electrons. The summed E-state index contributed by atoms with van der Waals surface area (Å²) in [6.45, 7) is 2.16. The van der Waals surface area contributed by atoms with Crippen molar-refractivity contribution in [3.8, 4) is 6.07 Å². The van der Waals surface area contributed by atoms with E-state index in [1.165, 1.54) is 18.4 Å². The number of aryl methyl sites for hydroxylation is 1. The number of benzene rings is 1. The summed E-state index contributed by atoms with van der Waals surface area (Å²) in [7, 11) is -2.35. The lowest BCUT2D eigenvalue weighted by atomic mass is 10.2. The van der Waals surface area contributed by atoms with Crippen LogP contribution in [0.1, 0.15) is 57.8 Å². The molecule has 1 amide bonds. The average Bonchev–Trinajstić information content (AvgIpc) is 3.45. The van der Waals surface area contributed by atoms with Gasteiger partial charge in [0.25, 0.3) is 5.91 Å². The zero-order valence-corrected chi connectivity index (χ0v) is 20.9. The lowest BCUT2D eigenvalue weighted by molar-refractivity contribution is 0.0976. The first kappa shape index (κ1) is 24.8. The maximum atomic E-state index is 12.7. The Kier molecular flexibility index (Phi) is 7.44. The Balaban J connectivity index is 1.59. The van der Waals surface area contributed by atoms with E-state index in [4.69, 9.17) is 14.5 Å². The van der Waals surface area contributed by atoms with Gasteiger partial charge in [0, 0.05) is 30.2 Å². The maximum absolute atomic E-state index is 12.7. The summed E-state index contributed by atoms with van der Waals surface area (Å²) in [4.78, 5) is 24.0. The first-order chi connectivity index (χ1) is 16.8. The van der Waals surface area contributed by atoms with E-state index in [0.29, 0.717) is 38.9 Å². The summed E-state index contributed by atoms with van der Waals surface area (Å²) in [5.41, 5.74) is 1.21. The topological polar surface area (TPSA) is 151 Å². The van der Waals surface area contributed by atoms with E-state index in [0.717, 1.165) is 12.8 Å². The highest BCUT2D eigenvalue weighted by Gasteiger charge is 2.30. The van der Waals surface area contributed by atoms with Crippen LogP contribution in [0.3, 0.4) is 0 Å². The molecule has 2 aromatic heterocycles. The third kappa shape index (κ3) is 6.21. The monoisotopic (exact) mass is 516 g/mol. The highest BCUT2D eigenvalue weighted by atomic mass is 32.2. The van der Waals surface area contributed by atoms with Crippen molar-refractivity contribution in [2.75, 3.05) is 24.4 Å². The summed E-state index contributed by atoms with van der Waals surface area (Å²) in [5.74, 6) is 0.361. The normalized spacial score (nSPS) is 13.4. The quantitative estimate of drug-likeness (QED) is 0.376. The number of hydrogen-bond acceptors (Lipinski definition) is 11. The third-order valence-electron chi connectivity index (χ3n) is 5.27. The first-order valence-electron chi connectivity index (χ1n) is 10.9. The molecule has 0 saturated heterocycles. The van der Waals surface area contributed by atoms with E-state index in [-0.39, 0.29) is 31.0 Å². The molecular weight excluding hydrogens is 492 g/mol. The van der Waals surface area contributed by atoms with Crippen molar-refractivity contribution in [2.45, 2.75) is 38.6 Å². The van der Waals surface area contributed by atoms with Crippen molar-refractivity contribution in [2.24, 2.45) is 0 Å². The average molecular weight is 517 g/mol. The number of ether oxygens (including phenoxy) is 1. The second-order valence-electron chi connectivity index (χ2n) is 8.06. The Morgan fingerprint density at radius 3 is 2.71 bits per heavy atom. The van der Waals surface area contributed by atoms with Gasteiger partial charge in [-0.05, 0) is 50.5 Å². The van der Waals surface area contributed by atoms with E-state index in [1.54, 1.807) is 36.1 Å². The Bertz CT molecular complexity index is 1340. The second-order valence-corrected chi connectivity index (χ2v) is 11.1. The van der Waals surface area contributed by atoms with E-state index < -0.39 is 15.9 Å². The van der Waals surface area contributed by atoms with Gasteiger partial charge in [0.05, 0.1) is 17.4 Å². The van der Waals surface area contributed by atoms with Gasteiger partial charge in [0.1, 0.15) is 12.2 Å². The lowest BCUT2D eigenvalue weighted by Gasteiger charge is -2.20. The number of sulfonamides is 1. The molecule has 11 nitrogen and oxygen atoms in total. The van der Waals surface area contributed by atoms with Crippen LogP contribution in [0.15, 0.2) is 28.8 Å². The summed E-state index contributed by atoms with van der Waals surface area (Å²) >= 11 is 1.23. The van der Waals surface area contributed by atoms with Gasteiger partial charge in [-0.2, -0.15) is 10.2 Å². The zero-order valence-electron chi connectivity index (χ0n) is 19.2. The molecule has 1 N–H and O–H groups in total. The molecule has 2 heterocycles. The highest BCUT2D eigenvalue weighted by Crippen LogP contribution is 2.38. The molecule has 4 rings (SSSR count). The largest absolute Gasteiger partial charge is 0.385 e. The molecule has 1 fully saturated rings. The molecule has 1 aliphatic carbocycles. The smallest absolute Gasteiger partial charge is 0.284 e. The fourth-order valence-corrected chi connectivity index (χ4v) is 5.21. The predicted molar refractivity (Wildman–Crippen MR) is 128 cm³/mol. The van der Waals surface area contributed by atoms with Crippen LogP contribution in [-0.2, 0) is 21.3 Å². The minimum Gasteiger partial charge on any atom is -0.385 e. The van der Waals surface area contributed by atoms with Crippen molar-refractivity contribution < 1.29 is 22.5 Å². The molecule has 1 aliphatic rings. The van der Waals surface area contributed by atoms with Gasteiger partial charge >= 0.3 is 0 Å². The first-order valence-corrected chi connectivity index (χ1v) is 13.4. The fraction of sp³-hybridized carbons (Fsp3) is 0.409. The number of rotatable bonds is 11. The number of carbonyl (C=O) groups excluding carboxylic acids is 1. The lowest BCUT2D eigenvalue weighted by Crippen LogP contribution is -2.33. The van der Waals surface area contributed by atoms with Crippen LogP contribution in [0.5, 0.6) is 0 Å². The summed E-state index contributed by atoms with van der Waals surface area (Å²) in [6, 6.07) is 8.94. The summed E-state index contributed by atoms with van der Waals surface area (Å²) in [5, 5.41) is 13.6. The number of hydrogen-bond donors (Lipinski definition) is 1. The van der Waals surface area contributed by atoms with Gasteiger partial charge in [0.15, 0.2) is 11.0 Å². The fourth-order valence-electron chi connectivity index (χ4n) is 3.30. The molecule has 3 aromatic rings. The van der Waals surface area contributed by atoms with Crippen molar-refractivity contribution in [3.63, 3.8) is 0 Å². The van der Waals surface area contributed by atoms with Crippen LogP contribution >= 0.6 is 11.3 Å². The van der Waals surface area contributed by atoms with Crippen molar-refractivity contribution >= 4 is 38.1 Å². The number of anilines is 2. The second kappa shape index (κ2) is 10.5. The van der Waals surface area contributed by atoms with Gasteiger partial charge in [-0.15, -0.1) is 11.3 Å². The number of nitriles is 1. The van der Waals surface area contributed by atoms with Crippen LogP contribution in [0.4, 0.5) is 10.8 Å². The van der Waals surface area contributed by atoms with E-state index in [2.05, 4.69) is 25.9 Å². The number of methoxy groups -OCH3 is 1. The number of nitrogens with zero attached hydrogens (tertiary/aromatic N) is 5. The Hall–Kier alpha value is -3.34. The zero-order chi connectivity index (χ0) is 25.0. The van der Waals surface area contributed by atoms with Gasteiger partial charge < -0.3 is 14.2 Å². The number of aromatic nitrogens is 3. The molecule has 0 atom stereocenters. The molecule has 35 heavy (non-hydrogen) atoms. The highest BCUT2D eigenvalue weighted by molar-refractivity contribution is 7.90. The van der Waals surface area contributed by atoms with Gasteiger partial charge in [-0.3, -0.25) is 4.79 Å². The molecule has 0 spiro atoms. The maximum Gasteiger partial charge on any atom is 0.284 e. The van der Waals surface area contributed by atoms with Crippen molar-refractivity contribution in [1.82, 2.24) is 19.8 Å². The molecule has 0 bridgehead atoms. The third-order valence-corrected chi connectivity index (χ3v) is 7.59. The van der Waals surface area contributed by atoms with E-state index in [1.807, 2.05) is 0 Å². The standard InChI is InChI=1S/C22H24N6O5S2/c1-14-19(21(29)27-35(30,31)11-3-10-32-2)25-22(34-14)28(17-8-4-15(12-23)5-9-17)13-18-24-20(26-33-18)16-6-7-16/h4-5,8-9,16H,3,6-7,10-11,13H2,1-2H3,(H,27,29). The summed E-state index contributed by atoms with van der Waals surface area (Å²) in [6.07, 6.45) is 2.34. The molecule has 1 saturated carbocycles. The van der Waals surface area contributed by atoms with Crippen molar-refractivity contribution in [3.05, 3.63) is 52.1 Å². The molecule has 1 aromatic carbocycles. The number of carbonyl (C=O) groups is 1. The number of nitrogens with one attached hydrogen (secondary N) is 1. The molecule has 13 heteroatoms. The Labute approximate surface area is 206 Å². The SMILES string of the molecule is COCCCS(=O)(=O)NC(=O)c1nc(N(Cc2nc(C3CC3)no2)c2ccc(C#N)cc2)sc1C.